The molecule has 102 valence electrons. The van der Waals surface area contributed by atoms with Gasteiger partial charge in [-0.15, -0.1) is 10.2 Å². The smallest absolute Gasteiger partial charge is 0.146 e. The minimum absolute atomic E-state index is 0.262. The lowest BCUT2D eigenvalue weighted by Gasteiger charge is -2.16. The molecule has 0 saturated heterocycles. The van der Waals surface area contributed by atoms with Crippen molar-refractivity contribution in [2.75, 3.05) is 0 Å². The Morgan fingerprint density at radius 3 is 2.75 bits per heavy atom. The fourth-order valence-corrected chi connectivity index (χ4v) is 2.45. The molecular weight excluding hydrogens is 248 g/mol. The molecule has 3 rings (SSSR count). The molecule has 2 aromatic carbocycles. The standard InChI is InChI=1S/C16H18N4/c1-12(17-10-16-19-18-11-20(16)2)14-9-5-7-13-6-3-4-8-15(13)14/h3-9,11-12,17H,10H2,1-2H3. The zero-order valence-electron chi connectivity index (χ0n) is 11.7. The van der Waals surface area contributed by atoms with Gasteiger partial charge in [-0.3, -0.25) is 0 Å². The van der Waals surface area contributed by atoms with Crippen LogP contribution in [0.2, 0.25) is 0 Å². The van der Waals surface area contributed by atoms with Crippen molar-refractivity contribution in [2.45, 2.75) is 19.5 Å². The molecule has 0 saturated carbocycles. The van der Waals surface area contributed by atoms with Gasteiger partial charge in [0.25, 0.3) is 0 Å². The number of aromatic nitrogens is 3. The Kier molecular flexibility index (Phi) is 3.48. The van der Waals surface area contributed by atoms with Gasteiger partial charge in [-0.2, -0.15) is 0 Å². The highest BCUT2D eigenvalue weighted by atomic mass is 15.3. The molecule has 0 aliphatic rings. The molecule has 3 aromatic rings. The molecule has 0 radical (unpaired) electrons. The Morgan fingerprint density at radius 1 is 1.15 bits per heavy atom. The monoisotopic (exact) mass is 266 g/mol. The van der Waals surface area contributed by atoms with Gasteiger partial charge >= 0.3 is 0 Å². The van der Waals surface area contributed by atoms with Gasteiger partial charge in [0.1, 0.15) is 12.2 Å². The quantitative estimate of drug-likeness (QED) is 0.789. The first-order chi connectivity index (χ1) is 9.75. The number of hydrogen-bond donors (Lipinski definition) is 1. The highest BCUT2D eigenvalue weighted by Crippen LogP contribution is 2.24. The van der Waals surface area contributed by atoms with E-state index in [0.29, 0.717) is 6.54 Å². The van der Waals surface area contributed by atoms with Crippen LogP contribution in [0.3, 0.4) is 0 Å². The molecule has 0 aliphatic heterocycles. The Morgan fingerprint density at radius 2 is 1.95 bits per heavy atom. The third-order valence-electron chi connectivity index (χ3n) is 3.66. The molecule has 0 spiro atoms. The van der Waals surface area contributed by atoms with Crippen LogP contribution in [-0.4, -0.2) is 14.8 Å². The van der Waals surface area contributed by atoms with E-state index in [0.717, 1.165) is 5.82 Å². The lowest BCUT2D eigenvalue weighted by atomic mass is 10.00. The van der Waals surface area contributed by atoms with Gasteiger partial charge < -0.3 is 9.88 Å². The van der Waals surface area contributed by atoms with Gasteiger partial charge in [-0.05, 0) is 23.3 Å². The fraction of sp³-hybridized carbons (Fsp3) is 0.250. The third kappa shape index (κ3) is 2.42. The van der Waals surface area contributed by atoms with Gasteiger partial charge in [-0.1, -0.05) is 42.5 Å². The normalized spacial score (nSPS) is 12.7. The Hall–Kier alpha value is -2.20. The molecular formula is C16H18N4. The van der Waals surface area contributed by atoms with Gasteiger partial charge in [0.15, 0.2) is 0 Å². The van der Waals surface area contributed by atoms with Crippen molar-refractivity contribution in [3.8, 4) is 0 Å². The topological polar surface area (TPSA) is 42.7 Å². The molecule has 0 amide bonds. The fourth-order valence-electron chi connectivity index (χ4n) is 2.45. The number of fused-ring (bicyclic) bond motifs is 1. The van der Waals surface area contributed by atoms with Crippen LogP contribution < -0.4 is 5.32 Å². The molecule has 0 aliphatic carbocycles. The first-order valence-electron chi connectivity index (χ1n) is 6.79. The summed E-state index contributed by atoms with van der Waals surface area (Å²) < 4.78 is 1.93. The van der Waals surface area contributed by atoms with E-state index in [1.807, 2.05) is 11.6 Å². The molecule has 1 unspecified atom stereocenters. The highest BCUT2D eigenvalue weighted by Gasteiger charge is 2.09. The summed E-state index contributed by atoms with van der Waals surface area (Å²) in [5.41, 5.74) is 1.31. The van der Waals surface area contributed by atoms with Crippen molar-refractivity contribution in [1.82, 2.24) is 20.1 Å². The van der Waals surface area contributed by atoms with Gasteiger partial charge in [-0.25, -0.2) is 0 Å². The zero-order valence-corrected chi connectivity index (χ0v) is 11.7. The second-order valence-corrected chi connectivity index (χ2v) is 5.03. The van der Waals surface area contributed by atoms with Crippen molar-refractivity contribution in [2.24, 2.45) is 7.05 Å². The van der Waals surface area contributed by atoms with E-state index >= 15 is 0 Å². The largest absolute Gasteiger partial charge is 0.320 e. The number of benzene rings is 2. The van der Waals surface area contributed by atoms with E-state index in [1.165, 1.54) is 16.3 Å². The average molecular weight is 266 g/mol. The summed E-state index contributed by atoms with van der Waals surface area (Å²) in [6, 6.07) is 15.2. The van der Waals surface area contributed by atoms with Gasteiger partial charge in [0, 0.05) is 13.1 Å². The Balaban J connectivity index is 1.82. The van der Waals surface area contributed by atoms with Crippen LogP contribution in [0.25, 0.3) is 10.8 Å². The number of rotatable bonds is 4. The minimum atomic E-state index is 0.262. The van der Waals surface area contributed by atoms with E-state index in [1.54, 1.807) is 6.33 Å². The van der Waals surface area contributed by atoms with Crippen LogP contribution in [0.1, 0.15) is 24.4 Å². The molecule has 0 fully saturated rings. The summed E-state index contributed by atoms with van der Waals surface area (Å²) in [4.78, 5) is 0. The summed E-state index contributed by atoms with van der Waals surface area (Å²) in [5.74, 6) is 0.942. The second kappa shape index (κ2) is 5.43. The van der Waals surface area contributed by atoms with Crippen molar-refractivity contribution < 1.29 is 0 Å². The zero-order chi connectivity index (χ0) is 13.9. The number of nitrogens with one attached hydrogen (secondary N) is 1. The predicted octanol–water partition coefficient (Wildman–Crippen LogP) is 2.82. The first-order valence-corrected chi connectivity index (χ1v) is 6.79. The van der Waals surface area contributed by atoms with Crippen LogP contribution in [0.15, 0.2) is 48.8 Å². The van der Waals surface area contributed by atoms with Crippen molar-refractivity contribution in [3.05, 3.63) is 60.2 Å². The molecule has 1 heterocycles. The maximum absolute atomic E-state index is 4.09. The van der Waals surface area contributed by atoms with E-state index in [2.05, 4.69) is 64.9 Å². The maximum atomic E-state index is 4.09. The van der Waals surface area contributed by atoms with Crippen LogP contribution in [0, 0.1) is 0 Å². The van der Waals surface area contributed by atoms with Crippen molar-refractivity contribution in [1.29, 1.82) is 0 Å². The second-order valence-electron chi connectivity index (χ2n) is 5.03. The van der Waals surface area contributed by atoms with E-state index in [9.17, 15) is 0 Å². The summed E-state index contributed by atoms with van der Waals surface area (Å²) in [6.07, 6.45) is 1.72. The van der Waals surface area contributed by atoms with Crippen LogP contribution in [0.5, 0.6) is 0 Å². The van der Waals surface area contributed by atoms with Gasteiger partial charge in [0.05, 0.1) is 6.54 Å². The maximum Gasteiger partial charge on any atom is 0.146 e. The summed E-state index contributed by atoms with van der Waals surface area (Å²) in [6.45, 7) is 2.89. The minimum Gasteiger partial charge on any atom is -0.320 e. The van der Waals surface area contributed by atoms with Crippen molar-refractivity contribution >= 4 is 10.8 Å². The van der Waals surface area contributed by atoms with E-state index < -0.39 is 0 Å². The van der Waals surface area contributed by atoms with Gasteiger partial charge in [0.2, 0.25) is 0 Å². The predicted molar refractivity (Wildman–Crippen MR) is 80.2 cm³/mol. The highest BCUT2D eigenvalue weighted by molar-refractivity contribution is 5.86. The van der Waals surface area contributed by atoms with E-state index in [4.69, 9.17) is 0 Å². The average Bonchev–Trinajstić information content (AvgIpc) is 2.89. The van der Waals surface area contributed by atoms with Crippen molar-refractivity contribution in [3.63, 3.8) is 0 Å². The molecule has 0 bridgehead atoms. The summed E-state index contributed by atoms with van der Waals surface area (Å²) >= 11 is 0. The first kappa shape index (κ1) is 12.8. The van der Waals surface area contributed by atoms with E-state index in [-0.39, 0.29) is 6.04 Å². The molecule has 4 heteroatoms. The molecule has 1 N–H and O–H groups in total. The Bertz CT molecular complexity index is 712. The number of aryl methyl sites for hydroxylation is 1. The van der Waals surface area contributed by atoms with Crippen LogP contribution >= 0.6 is 0 Å². The SMILES string of the molecule is CC(NCc1nncn1C)c1cccc2ccccc12. The summed E-state index contributed by atoms with van der Waals surface area (Å²) in [5, 5.41) is 14.1. The molecule has 4 nitrogen and oxygen atoms in total. The Labute approximate surface area is 118 Å². The lowest BCUT2D eigenvalue weighted by molar-refractivity contribution is 0.551. The summed E-state index contributed by atoms with van der Waals surface area (Å²) in [7, 11) is 1.96. The molecule has 1 aromatic heterocycles. The molecule has 20 heavy (non-hydrogen) atoms. The van der Waals surface area contributed by atoms with Crippen LogP contribution in [-0.2, 0) is 13.6 Å². The lowest BCUT2D eigenvalue weighted by Crippen LogP contribution is -2.20. The third-order valence-corrected chi connectivity index (χ3v) is 3.66. The number of nitrogens with zero attached hydrogens (tertiary/aromatic N) is 3. The number of hydrogen-bond acceptors (Lipinski definition) is 3. The van der Waals surface area contributed by atoms with Crippen LogP contribution in [0.4, 0.5) is 0 Å². The molecule has 1 atom stereocenters.